The van der Waals surface area contributed by atoms with Crippen molar-refractivity contribution in [1.82, 2.24) is 5.32 Å². The van der Waals surface area contributed by atoms with Crippen LogP contribution in [-0.4, -0.2) is 11.9 Å². The lowest BCUT2D eigenvalue weighted by Crippen LogP contribution is -2.30. The molecule has 34 heavy (non-hydrogen) atoms. The van der Waals surface area contributed by atoms with E-state index in [9.17, 15) is 14.4 Å². The molecule has 0 aliphatic carbocycles. The number of fused-ring (bicyclic) bond motifs is 1. The summed E-state index contributed by atoms with van der Waals surface area (Å²) < 4.78 is 10.9. The number of hydrogen-bond acceptors (Lipinski definition) is 5. The molecule has 4 rings (SSSR count). The zero-order valence-corrected chi connectivity index (χ0v) is 19.0. The lowest BCUT2D eigenvalue weighted by molar-refractivity contribution is -0.145. The summed E-state index contributed by atoms with van der Waals surface area (Å²) >= 11 is 0. The fourth-order valence-electron chi connectivity index (χ4n) is 3.80. The number of carbonyl (C=O) groups is 2. The first-order valence-corrected chi connectivity index (χ1v) is 11.0. The van der Waals surface area contributed by atoms with Crippen LogP contribution >= 0.6 is 0 Å². The Morgan fingerprint density at radius 2 is 1.62 bits per heavy atom. The first-order chi connectivity index (χ1) is 16.4. The average Bonchev–Trinajstić information content (AvgIpc) is 2.85. The van der Waals surface area contributed by atoms with Crippen molar-refractivity contribution in [3.63, 3.8) is 0 Å². The van der Waals surface area contributed by atoms with E-state index >= 15 is 0 Å². The predicted octanol–water partition coefficient (Wildman–Crippen LogP) is 5.01. The van der Waals surface area contributed by atoms with E-state index in [0.29, 0.717) is 16.7 Å². The summed E-state index contributed by atoms with van der Waals surface area (Å²) in [6.07, 6.45) is -0.0555. The second-order valence-corrected chi connectivity index (χ2v) is 8.14. The van der Waals surface area contributed by atoms with Gasteiger partial charge in [-0.25, -0.2) is 4.79 Å². The van der Waals surface area contributed by atoms with E-state index in [4.69, 9.17) is 9.15 Å². The van der Waals surface area contributed by atoms with Crippen LogP contribution in [-0.2, 0) is 16.1 Å². The van der Waals surface area contributed by atoms with Gasteiger partial charge in [0.2, 0.25) is 0 Å². The molecule has 0 saturated carbocycles. The van der Waals surface area contributed by atoms with E-state index in [1.54, 1.807) is 24.3 Å². The van der Waals surface area contributed by atoms with Gasteiger partial charge in [0.25, 0.3) is 5.91 Å². The van der Waals surface area contributed by atoms with Crippen molar-refractivity contribution >= 4 is 22.8 Å². The number of aryl methyl sites for hydroxylation is 2. The van der Waals surface area contributed by atoms with Gasteiger partial charge in [0.05, 0.1) is 12.5 Å². The Hall–Kier alpha value is -4.19. The second-order valence-electron chi connectivity index (χ2n) is 8.14. The summed E-state index contributed by atoms with van der Waals surface area (Å²) in [5, 5.41) is 3.66. The minimum Gasteiger partial charge on any atom is -0.461 e. The zero-order chi connectivity index (χ0) is 24.1. The molecule has 1 unspecified atom stereocenters. The molecular formula is C28H25NO5. The molecule has 0 fully saturated rings. The molecule has 3 aromatic carbocycles. The summed E-state index contributed by atoms with van der Waals surface area (Å²) in [5.41, 5.74) is 3.75. The number of carbonyl (C=O) groups excluding carboxylic acids is 2. The quantitative estimate of drug-likeness (QED) is 0.313. The van der Waals surface area contributed by atoms with Crippen LogP contribution in [0.2, 0.25) is 0 Å². The molecule has 1 atom stereocenters. The summed E-state index contributed by atoms with van der Waals surface area (Å²) in [7, 11) is 0. The molecule has 1 aromatic heterocycles. The Morgan fingerprint density at radius 3 is 2.32 bits per heavy atom. The van der Waals surface area contributed by atoms with E-state index in [1.165, 1.54) is 6.07 Å². The van der Waals surface area contributed by atoms with Crippen LogP contribution in [0.15, 0.2) is 88.1 Å². The molecule has 0 radical (unpaired) electrons. The maximum atomic E-state index is 12.8. The molecule has 6 heteroatoms. The fourth-order valence-corrected chi connectivity index (χ4v) is 3.80. The first kappa shape index (κ1) is 23.0. The van der Waals surface area contributed by atoms with Crippen LogP contribution in [0.5, 0.6) is 0 Å². The minimum absolute atomic E-state index is 0.0555. The van der Waals surface area contributed by atoms with Crippen LogP contribution in [0.1, 0.15) is 45.1 Å². The molecule has 0 aliphatic rings. The van der Waals surface area contributed by atoms with Gasteiger partial charge in [-0.05, 0) is 42.7 Å². The molecule has 0 saturated heterocycles. The van der Waals surface area contributed by atoms with Gasteiger partial charge in [-0.15, -0.1) is 0 Å². The van der Waals surface area contributed by atoms with E-state index in [0.717, 1.165) is 22.1 Å². The molecule has 0 bridgehead atoms. The highest BCUT2D eigenvalue weighted by molar-refractivity contribution is 5.94. The van der Waals surface area contributed by atoms with Gasteiger partial charge in [-0.3, -0.25) is 9.59 Å². The largest absolute Gasteiger partial charge is 0.461 e. The number of amides is 1. The molecule has 172 valence electrons. The Kier molecular flexibility index (Phi) is 6.87. The summed E-state index contributed by atoms with van der Waals surface area (Å²) in [6.45, 7) is 3.75. The number of ether oxygens (including phenoxy) is 1. The molecule has 6 nitrogen and oxygen atoms in total. The van der Waals surface area contributed by atoms with Crippen molar-refractivity contribution in [2.45, 2.75) is 32.9 Å². The normalized spacial score (nSPS) is 11.7. The van der Waals surface area contributed by atoms with Crippen molar-refractivity contribution in [2.24, 2.45) is 0 Å². The molecule has 1 N–H and O–H groups in total. The number of hydrogen-bond donors (Lipinski definition) is 1. The molecule has 0 spiro atoms. The Morgan fingerprint density at radius 1 is 0.941 bits per heavy atom. The van der Waals surface area contributed by atoms with E-state index in [2.05, 4.69) is 5.32 Å². The van der Waals surface area contributed by atoms with Crippen molar-refractivity contribution in [3.8, 4) is 0 Å². The standard InChI is InChI=1S/C28H25NO5/c1-18-13-14-23-22(15-26(31)34-27(23)19(18)2)17-33-25(30)16-24(20-9-5-3-6-10-20)29-28(32)21-11-7-4-8-12-21/h3-15,24H,16-17H2,1-2H3,(H,29,32). The highest BCUT2D eigenvalue weighted by atomic mass is 16.5. The molecule has 0 aliphatic heterocycles. The van der Waals surface area contributed by atoms with Gasteiger partial charge in [-0.1, -0.05) is 60.7 Å². The highest BCUT2D eigenvalue weighted by Crippen LogP contribution is 2.24. The van der Waals surface area contributed by atoms with Gasteiger partial charge in [0.15, 0.2) is 0 Å². The molecular weight excluding hydrogens is 430 g/mol. The van der Waals surface area contributed by atoms with Crippen molar-refractivity contribution in [1.29, 1.82) is 0 Å². The topological polar surface area (TPSA) is 85.6 Å². The van der Waals surface area contributed by atoms with Gasteiger partial charge in [0, 0.05) is 22.6 Å². The van der Waals surface area contributed by atoms with Gasteiger partial charge >= 0.3 is 11.6 Å². The third-order valence-corrected chi connectivity index (χ3v) is 5.82. The van der Waals surface area contributed by atoms with Crippen molar-refractivity contribution in [3.05, 3.63) is 117 Å². The molecule has 1 heterocycles. The molecule has 1 amide bonds. The van der Waals surface area contributed by atoms with E-state index in [-0.39, 0.29) is 18.9 Å². The predicted molar refractivity (Wildman–Crippen MR) is 129 cm³/mol. The van der Waals surface area contributed by atoms with Crippen molar-refractivity contribution in [2.75, 3.05) is 0 Å². The Balaban J connectivity index is 1.51. The number of benzene rings is 3. The monoisotopic (exact) mass is 455 g/mol. The average molecular weight is 456 g/mol. The molecule has 4 aromatic rings. The van der Waals surface area contributed by atoms with E-state index < -0.39 is 17.6 Å². The number of nitrogens with one attached hydrogen (secondary N) is 1. The maximum Gasteiger partial charge on any atom is 0.336 e. The smallest absolute Gasteiger partial charge is 0.336 e. The van der Waals surface area contributed by atoms with Crippen LogP contribution < -0.4 is 10.9 Å². The van der Waals surface area contributed by atoms with Crippen molar-refractivity contribution < 1.29 is 18.7 Å². The number of rotatable bonds is 7. The lowest BCUT2D eigenvalue weighted by Gasteiger charge is -2.19. The highest BCUT2D eigenvalue weighted by Gasteiger charge is 2.21. The number of esters is 1. The Labute approximate surface area is 197 Å². The van der Waals surface area contributed by atoms with Gasteiger partial charge in [-0.2, -0.15) is 0 Å². The summed E-state index contributed by atoms with van der Waals surface area (Å²) in [4.78, 5) is 37.6. The third-order valence-electron chi connectivity index (χ3n) is 5.82. The Bertz CT molecular complexity index is 1380. The third kappa shape index (κ3) is 5.23. The lowest BCUT2D eigenvalue weighted by atomic mass is 10.0. The van der Waals surface area contributed by atoms with Crippen LogP contribution in [0, 0.1) is 13.8 Å². The van der Waals surface area contributed by atoms with E-state index in [1.807, 2.05) is 62.4 Å². The van der Waals surface area contributed by atoms with Crippen LogP contribution in [0.3, 0.4) is 0 Å². The zero-order valence-electron chi connectivity index (χ0n) is 19.0. The summed E-state index contributed by atoms with van der Waals surface area (Å²) in [5.74, 6) is -0.771. The van der Waals surface area contributed by atoms with Gasteiger partial charge in [0.1, 0.15) is 12.2 Å². The summed E-state index contributed by atoms with van der Waals surface area (Å²) in [6, 6.07) is 22.7. The SMILES string of the molecule is Cc1ccc2c(COC(=O)CC(NC(=O)c3ccccc3)c3ccccc3)cc(=O)oc2c1C. The second kappa shape index (κ2) is 10.2. The fraction of sp³-hybridized carbons (Fsp3) is 0.179. The van der Waals surface area contributed by atoms with Crippen LogP contribution in [0.4, 0.5) is 0 Å². The maximum absolute atomic E-state index is 12.8. The minimum atomic E-state index is -0.566. The first-order valence-electron chi connectivity index (χ1n) is 11.0. The van der Waals surface area contributed by atoms with Gasteiger partial charge < -0.3 is 14.5 Å². The van der Waals surface area contributed by atoms with Crippen LogP contribution in [0.25, 0.3) is 11.0 Å².